The molecule has 2 aromatic heterocycles. The molecular formula is C25H30N6O4S. The van der Waals surface area contributed by atoms with E-state index in [1.54, 1.807) is 0 Å². The molecule has 2 saturated heterocycles. The first-order chi connectivity index (χ1) is 17.4. The molecule has 36 heavy (non-hydrogen) atoms. The Kier molecular flexibility index (Phi) is 6.14. The van der Waals surface area contributed by atoms with E-state index in [0.29, 0.717) is 0 Å². The Bertz CT molecular complexity index is 1310. The van der Waals surface area contributed by atoms with Gasteiger partial charge in [0, 0.05) is 30.9 Å². The Morgan fingerprint density at radius 3 is 2.36 bits per heavy atom. The minimum atomic E-state index is -3.66. The number of pyridine rings is 1. The third-order valence-corrected chi connectivity index (χ3v) is 8.99. The van der Waals surface area contributed by atoms with Crippen LogP contribution in [0.3, 0.4) is 0 Å². The molecule has 3 aliphatic rings. The molecular weight excluding hydrogens is 480 g/mol. The molecule has 1 amide bonds. The number of carbonyl (C=O) groups is 1. The maximum Gasteiger partial charge on any atom is 0.304 e. The fourth-order valence-electron chi connectivity index (χ4n) is 5.55. The van der Waals surface area contributed by atoms with Gasteiger partial charge < -0.3 is 14.6 Å². The second kappa shape index (κ2) is 9.45. The number of amides is 1. The molecule has 3 aromatic rings. The number of benzene rings is 1. The van der Waals surface area contributed by atoms with Crippen LogP contribution in [0.2, 0.25) is 0 Å². The third kappa shape index (κ3) is 4.70. The summed E-state index contributed by atoms with van der Waals surface area (Å²) in [5.74, 6) is 1.34. The zero-order valence-electron chi connectivity index (χ0n) is 20.0. The summed E-state index contributed by atoms with van der Waals surface area (Å²) in [7, 11) is -3.66. The predicted molar refractivity (Wildman–Crippen MR) is 135 cm³/mol. The molecule has 3 fully saturated rings. The van der Waals surface area contributed by atoms with Crippen molar-refractivity contribution in [1.29, 1.82) is 0 Å². The number of piperidine rings is 1. The average Bonchev–Trinajstić information content (AvgIpc) is 3.44. The van der Waals surface area contributed by atoms with Crippen LogP contribution in [0.1, 0.15) is 38.5 Å². The van der Waals surface area contributed by atoms with Crippen molar-refractivity contribution in [3.05, 3.63) is 42.6 Å². The molecule has 4 heterocycles. The summed E-state index contributed by atoms with van der Waals surface area (Å²) in [6.07, 6.45) is 7.17. The molecule has 1 saturated carbocycles. The van der Waals surface area contributed by atoms with E-state index in [9.17, 15) is 13.2 Å². The van der Waals surface area contributed by atoms with Crippen LogP contribution in [0.4, 0.5) is 5.82 Å². The van der Waals surface area contributed by atoms with Gasteiger partial charge in [-0.05, 0) is 62.8 Å². The van der Waals surface area contributed by atoms with Gasteiger partial charge in [-0.2, -0.15) is 12.7 Å². The van der Waals surface area contributed by atoms with Gasteiger partial charge in [0.05, 0.1) is 29.8 Å². The van der Waals surface area contributed by atoms with Crippen molar-refractivity contribution in [1.82, 2.24) is 24.0 Å². The van der Waals surface area contributed by atoms with Gasteiger partial charge >= 0.3 is 10.2 Å². The van der Waals surface area contributed by atoms with Crippen LogP contribution < -0.4 is 9.62 Å². The number of aromatic amines is 1. The molecule has 0 atom stereocenters. The average molecular weight is 511 g/mol. The number of hydrogen-bond acceptors (Lipinski definition) is 7. The topological polar surface area (TPSA) is 121 Å². The fourth-order valence-corrected chi connectivity index (χ4v) is 6.91. The Balaban J connectivity index is 0.989. The van der Waals surface area contributed by atoms with E-state index in [1.165, 1.54) is 4.31 Å². The normalized spacial score (nSPS) is 25.3. The monoisotopic (exact) mass is 510 g/mol. The molecule has 1 aromatic carbocycles. The maximum absolute atomic E-state index is 12.1. The van der Waals surface area contributed by atoms with Crippen molar-refractivity contribution in [2.24, 2.45) is 0 Å². The molecule has 10 nitrogen and oxygen atoms in total. The number of aromatic nitrogens is 3. The summed E-state index contributed by atoms with van der Waals surface area (Å²) in [5.41, 5.74) is 2.92. The van der Waals surface area contributed by atoms with Crippen LogP contribution in [-0.2, 0) is 19.7 Å². The van der Waals surface area contributed by atoms with E-state index in [0.717, 1.165) is 79.9 Å². The first-order valence-electron chi connectivity index (χ1n) is 12.6. The predicted octanol–water partition coefficient (Wildman–Crippen LogP) is 2.60. The largest absolute Gasteiger partial charge is 0.375 e. The fraction of sp³-hybridized carbons (Fsp3) is 0.480. The van der Waals surface area contributed by atoms with E-state index in [4.69, 9.17) is 9.72 Å². The summed E-state index contributed by atoms with van der Waals surface area (Å²) in [6, 6.07) is 12.0. The van der Waals surface area contributed by atoms with Gasteiger partial charge in [0.25, 0.3) is 0 Å². The minimum Gasteiger partial charge on any atom is -0.375 e. The Labute approximate surface area is 210 Å². The second-order valence-corrected chi connectivity index (χ2v) is 11.5. The van der Waals surface area contributed by atoms with Gasteiger partial charge in [0.15, 0.2) is 0 Å². The molecule has 1 aliphatic carbocycles. The van der Waals surface area contributed by atoms with E-state index < -0.39 is 16.1 Å². The van der Waals surface area contributed by atoms with Crippen LogP contribution >= 0.6 is 0 Å². The zero-order chi connectivity index (χ0) is 24.7. The summed E-state index contributed by atoms with van der Waals surface area (Å²) < 4.78 is 34.0. The van der Waals surface area contributed by atoms with Crippen LogP contribution in [0, 0.1) is 0 Å². The molecule has 0 unspecified atom stereocenters. The van der Waals surface area contributed by atoms with Gasteiger partial charge in [-0.25, -0.2) is 14.7 Å². The number of carbonyl (C=O) groups excluding carboxylic acids is 1. The third-order valence-electron chi connectivity index (χ3n) is 7.46. The van der Waals surface area contributed by atoms with Gasteiger partial charge in [-0.1, -0.05) is 12.1 Å². The quantitative estimate of drug-likeness (QED) is 0.541. The lowest BCUT2D eigenvalue weighted by atomic mass is 9.92. The highest BCUT2D eigenvalue weighted by molar-refractivity contribution is 7.88. The number of para-hydroxylation sites is 2. The molecule has 0 radical (unpaired) electrons. The van der Waals surface area contributed by atoms with Crippen molar-refractivity contribution in [3.63, 3.8) is 0 Å². The first-order valence-corrected chi connectivity index (χ1v) is 14.0. The molecule has 0 spiro atoms. The number of anilines is 1. The molecule has 2 N–H and O–H groups in total. The van der Waals surface area contributed by atoms with Gasteiger partial charge in [-0.15, -0.1) is 0 Å². The van der Waals surface area contributed by atoms with Crippen molar-refractivity contribution in [2.45, 2.75) is 56.8 Å². The van der Waals surface area contributed by atoms with Gasteiger partial charge in [0.1, 0.15) is 11.6 Å². The van der Waals surface area contributed by atoms with Crippen molar-refractivity contribution in [3.8, 4) is 11.4 Å². The summed E-state index contributed by atoms with van der Waals surface area (Å²) in [6.45, 7) is 1.71. The van der Waals surface area contributed by atoms with Crippen molar-refractivity contribution >= 4 is 33.0 Å². The molecule has 11 heteroatoms. The number of nitrogens with zero attached hydrogens (tertiary/aromatic N) is 4. The Morgan fingerprint density at radius 1 is 0.944 bits per heavy atom. The van der Waals surface area contributed by atoms with Crippen LogP contribution in [0.15, 0.2) is 42.6 Å². The highest BCUT2D eigenvalue weighted by atomic mass is 32.2. The SMILES string of the molecule is O=C1CN(C2CCC(OC3CCN(c4ccc(-c5nc6ccccc6[nH]5)cn4)CC3)CC2)S(=O)(=O)N1. The zero-order valence-corrected chi connectivity index (χ0v) is 20.8. The van der Waals surface area contributed by atoms with Crippen LogP contribution in [0.5, 0.6) is 0 Å². The number of H-pyrrole nitrogens is 1. The number of imidazole rings is 1. The lowest BCUT2D eigenvalue weighted by molar-refractivity contribution is -0.118. The standard InChI is InChI=1S/C25H30N6O4S/c32-24-16-31(36(33,34)29-24)18-6-8-19(9-7-18)35-20-11-13-30(14-12-20)23-10-5-17(15-26-23)25-27-21-3-1-2-4-22(21)28-25/h1-5,10,15,18-20H,6-9,11-14,16H2,(H,27,28)(H,29,32). The number of ether oxygens (including phenoxy) is 1. The van der Waals surface area contributed by atoms with Gasteiger partial charge in [0.2, 0.25) is 5.91 Å². The highest BCUT2D eigenvalue weighted by Crippen LogP contribution is 2.30. The number of hydrogen-bond donors (Lipinski definition) is 2. The number of fused-ring (bicyclic) bond motifs is 1. The van der Waals surface area contributed by atoms with Crippen molar-refractivity contribution in [2.75, 3.05) is 24.5 Å². The number of rotatable bonds is 5. The molecule has 0 bridgehead atoms. The first kappa shape index (κ1) is 23.4. The smallest absolute Gasteiger partial charge is 0.304 e. The number of nitrogens with one attached hydrogen (secondary N) is 2. The summed E-state index contributed by atoms with van der Waals surface area (Å²) in [5, 5.41) is 0. The van der Waals surface area contributed by atoms with Crippen molar-refractivity contribution < 1.29 is 17.9 Å². The summed E-state index contributed by atoms with van der Waals surface area (Å²) >= 11 is 0. The Morgan fingerprint density at radius 2 is 1.69 bits per heavy atom. The van der Waals surface area contributed by atoms with Crippen LogP contribution in [0.25, 0.3) is 22.4 Å². The van der Waals surface area contributed by atoms with E-state index in [2.05, 4.69) is 31.7 Å². The van der Waals surface area contributed by atoms with E-state index >= 15 is 0 Å². The molecule has 6 rings (SSSR count). The van der Waals surface area contributed by atoms with E-state index in [1.807, 2.05) is 30.5 Å². The minimum absolute atomic E-state index is 0.0652. The molecule has 190 valence electrons. The highest BCUT2D eigenvalue weighted by Gasteiger charge is 2.40. The maximum atomic E-state index is 12.1. The van der Waals surface area contributed by atoms with Crippen LogP contribution in [-0.4, -0.2) is 71.5 Å². The second-order valence-electron chi connectivity index (χ2n) is 9.84. The molecule has 2 aliphatic heterocycles. The lowest BCUT2D eigenvalue weighted by Crippen LogP contribution is -2.43. The van der Waals surface area contributed by atoms with Gasteiger partial charge in [-0.3, -0.25) is 4.79 Å². The summed E-state index contributed by atoms with van der Waals surface area (Å²) in [4.78, 5) is 26.5. The lowest BCUT2D eigenvalue weighted by Gasteiger charge is -2.37. The van der Waals surface area contributed by atoms with E-state index in [-0.39, 0.29) is 24.8 Å². The Hall–Kier alpha value is -3.02.